The summed E-state index contributed by atoms with van der Waals surface area (Å²) in [7, 11) is 0. The molecule has 2 N–H and O–H groups in total. The summed E-state index contributed by atoms with van der Waals surface area (Å²) in [4.78, 5) is 26.5. The topological polar surface area (TPSA) is 88.5 Å². The molecule has 7 heteroatoms. The summed E-state index contributed by atoms with van der Waals surface area (Å²) in [6, 6.07) is -0.285. The second kappa shape index (κ2) is 6.12. The van der Waals surface area contributed by atoms with Crippen LogP contribution in [0, 0.1) is 0 Å². The second-order valence-electron chi connectivity index (χ2n) is 4.50. The van der Waals surface area contributed by atoms with Crippen molar-refractivity contribution in [2.75, 3.05) is 6.61 Å². The molecule has 2 heterocycles. The fourth-order valence-corrected chi connectivity index (χ4v) is 2.76. The van der Waals surface area contributed by atoms with Gasteiger partial charge in [-0.25, -0.2) is 9.78 Å². The molecule has 2 rings (SSSR count). The Morgan fingerprint density at radius 1 is 1.68 bits per heavy atom. The highest BCUT2D eigenvalue weighted by atomic mass is 32.1. The molecular formula is C12H16N2O4S. The van der Waals surface area contributed by atoms with Crippen LogP contribution in [0.2, 0.25) is 0 Å². The zero-order valence-corrected chi connectivity index (χ0v) is 11.4. The summed E-state index contributed by atoms with van der Waals surface area (Å²) in [6.07, 6.45) is 2.28. The van der Waals surface area contributed by atoms with E-state index in [9.17, 15) is 9.59 Å². The van der Waals surface area contributed by atoms with Gasteiger partial charge in [-0.1, -0.05) is 0 Å². The molecule has 0 aliphatic carbocycles. The first kappa shape index (κ1) is 14.0. The molecule has 0 saturated carbocycles. The number of hydrogen-bond acceptors (Lipinski definition) is 5. The highest BCUT2D eigenvalue weighted by molar-refractivity contribution is 7.09. The number of carboxylic acid groups (broad SMARTS) is 1. The third-order valence-electron chi connectivity index (χ3n) is 2.93. The van der Waals surface area contributed by atoms with E-state index in [4.69, 9.17) is 9.84 Å². The predicted octanol–water partition coefficient (Wildman–Crippen LogP) is 1.59. The Kier molecular flexibility index (Phi) is 4.49. The number of rotatable bonds is 5. The van der Waals surface area contributed by atoms with Crippen LogP contribution in [0.15, 0.2) is 5.38 Å². The molecule has 19 heavy (non-hydrogen) atoms. The zero-order chi connectivity index (χ0) is 13.8. The second-order valence-corrected chi connectivity index (χ2v) is 5.39. The van der Waals surface area contributed by atoms with Crippen LogP contribution in [0.4, 0.5) is 0 Å². The first-order chi connectivity index (χ1) is 9.06. The van der Waals surface area contributed by atoms with E-state index in [-0.39, 0.29) is 23.7 Å². The van der Waals surface area contributed by atoms with Crippen LogP contribution in [-0.4, -0.2) is 34.7 Å². The summed E-state index contributed by atoms with van der Waals surface area (Å²) in [5.41, 5.74) is 0.0141. The van der Waals surface area contributed by atoms with E-state index < -0.39 is 5.97 Å². The number of carboxylic acids is 1. The average molecular weight is 284 g/mol. The summed E-state index contributed by atoms with van der Waals surface area (Å²) < 4.78 is 5.39. The lowest BCUT2D eigenvalue weighted by molar-refractivity contribution is -0.123. The van der Waals surface area contributed by atoms with Crippen LogP contribution >= 0.6 is 11.3 Å². The first-order valence-corrected chi connectivity index (χ1v) is 7.04. The van der Waals surface area contributed by atoms with E-state index >= 15 is 0 Å². The third kappa shape index (κ3) is 3.74. The number of hydrogen-bond donors (Lipinski definition) is 2. The lowest BCUT2D eigenvalue weighted by Crippen LogP contribution is -2.29. The van der Waals surface area contributed by atoms with Gasteiger partial charge in [0.1, 0.15) is 5.01 Å². The van der Waals surface area contributed by atoms with Crippen molar-refractivity contribution in [3.8, 4) is 0 Å². The lowest BCUT2D eigenvalue weighted by atomic mass is 10.1. The Balaban J connectivity index is 1.86. The quantitative estimate of drug-likeness (QED) is 0.857. The van der Waals surface area contributed by atoms with Crippen molar-refractivity contribution in [3.05, 3.63) is 16.1 Å². The number of amides is 1. The van der Waals surface area contributed by atoms with Gasteiger partial charge in [0.2, 0.25) is 5.91 Å². The number of carbonyl (C=O) groups excluding carboxylic acids is 1. The highest BCUT2D eigenvalue weighted by Gasteiger charge is 2.21. The maximum absolute atomic E-state index is 11.8. The fourth-order valence-electron chi connectivity index (χ4n) is 1.96. The van der Waals surface area contributed by atoms with Crippen molar-refractivity contribution >= 4 is 23.2 Å². The molecule has 1 amide bonds. The molecule has 1 aromatic heterocycles. The highest BCUT2D eigenvalue weighted by Crippen LogP contribution is 2.19. The summed E-state index contributed by atoms with van der Waals surface area (Å²) in [5.74, 6) is -1.15. The van der Waals surface area contributed by atoms with Gasteiger partial charge in [-0.05, 0) is 19.8 Å². The molecule has 1 aliphatic heterocycles. The number of aromatic nitrogens is 1. The number of ether oxygens (including phenoxy) is 1. The molecule has 1 aromatic rings. The van der Waals surface area contributed by atoms with Crippen molar-refractivity contribution in [1.82, 2.24) is 10.3 Å². The molecule has 6 nitrogen and oxygen atoms in total. The lowest BCUT2D eigenvalue weighted by Gasteiger charge is -2.13. The van der Waals surface area contributed by atoms with Crippen LogP contribution < -0.4 is 5.32 Å². The third-order valence-corrected chi connectivity index (χ3v) is 3.95. The van der Waals surface area contributed by atoms with Gasteiger partial charge in [0.05, 0.1) is 18.6 Å². The zero-order valence-electron chi connectivity index (χ0n) is 10.6. The largest absolute Gasteiger partial charge is 0.476 e. The number of nitrogens with one attached hydrogen (secondary N) is 1. The molecule has 1 fully saturated rings. The van der Waals surface area contributed by atoms with Crippen molar-refractivity contribution < 1.29 is 19.4 Å². The standard InChI is InChI=1S/C12H16N2O4S/c1-7(11-14-9(6-19-11)12(16)17)13-10(15)5-8-3-2-4-18-8/h6-8H,2-5H2,1H3,(H,13,15)(H,16,17). The van der Waals surface area contributed by atoms with Gasteiger partial charge in [-0.15, -0.1) is 11.3 Å². The molecule has 0 radical (unpaired) electrons. The molecular weight excluding hydrogens is 268 g/mol. The van der Waals surface area contributed by atoms with Crippen LogP contribution in [0.5, 0.6) is 0 Å². The molecule has 0 aromatic carbocycles. The van der Waals surface area contributed by atoms with E-state index in [1.54, 1.807) is 6.92 Å². The van der Waals surface area contributed by atoms with Gasteiger partial charge in [0.15, 0.2) is 5.69 Å². The Morgan fingerprint density at radius 3 is 3.05 bits per heavy atom. The van der Waals surface area contributed by atoms with Gasteiger partial charge in [-0.3, -0.25) is 4.79 Å². The van der Waals surface area contributed by atoms with E-state index in [0.29, 0.717) is 11.4 Å². The van der Waals surface area contributed by atoms with E-state index in [1.807, 2.05) is 0 Å². The molecule has 2 atom stereocenters. The van der Waals surface area contributed by atoms with Crippen LogP contribution in [-0.2, 0) is 9.53 Å². The normalized spacial score (nSPS) is 20.2. The van der Waals surface area contributed by atoms with E-state index in [2.05, 4.69) is 10.3 Å². The number of thiazole rings is 1. The van der Waals surface area contributed by atoms with E-state index in [1.165, 1.54) is 16.7 Å². The first-order valence-electron chi connectivity index (χ1n) is 6.16. The van der Waals surface area contributed by atoms with Crippen LogP contribution in [0.1, 0.15) is 47.7 Å². The minimum absolute atomic E-state index is 0.0121. The molecule has 104 valence electrons. The van der Waals surface area contributed by atoms with Gasteiger partial charge >= 0.3 is 5.97 Å². The SMILES string of the molecule is CC(NC(=O)CC1CCCO1)c1nc(C(=O)O)cs1. The van der Waals surface area contributed by atoms with Crippen LogP contribution in [0.3, 0.4) is 0 Å². The maximum atomic E-state index is 11.8. The predicted molar refractivity (Wildman–Crippen MR) is 69.2 cm³/mol. The number of nitrogens with zero attached hydrogens (tertiary/aromatic N) is 1. The molecule has 1 saturated heterocycles. The Hall–Kier alpha value is -1.47. The van der Waals surface area contributed by atoms with Crippen molar-refractivity contribution in [2.24, 2.45) is 0 Å². The number of aromatic carboxylic acids is 1. The van der Waals surface area contributed by atoms with Crippen molar-refractivity contribution in [1.29, 1.82) is 0 Å². The van der Waals surface area contributed by atoms with Crippen molar-refractivity contribution in [2.45, 2.75) is 38.3 Å². The van der Waals surface area contributed by atoms with Crippen LogP contribution in [0.25, 0.3) is 0 Å². The Labute approximate surface area is 114 Å². The van der Waals surface area contributed by atoms with E-state index in [0.717, 1.165) is 19.4 Å². The van der Waals surface area contributed by atoms with Gasteiger partial charge in [-0.2, -0.15) is 0 Å². The van der Waals surface area contributed by atoms with Gasteiger partial charge in [0, 0.05) is 12.0 Å². The molecule has 2 unspecified atom stereocenters. The maximum Gasteiger partial charge on any atom is 0.355 e. The summed E-state index contributed by atoms with van der Waals surface area (Å²) in [6.45, 7) is 2.51. The molecule has 0 bridgehead atoms. The number of carbonyl (C=O) groups is 2. The van der Waals surface area contributed by atoms with Gasteiger partial charge < -0.3 is 15.2 Å². The minimum Gasteiger partial charge on any atom is -0.476 e. The monoisotopic (exact) mass is 284 g/mol. The van der Waals surface area contributed by atoms with Crippen molar-refractivity contribution in [3.63, 3.8) is 0 Å². The average Bonchev–Trinajstić information content (AvgIpc) is 2.98. The fraction of sp³-hybridized carbons (Fsp3) is 0.583. The smallest absolute Gasteiger partial charge is 0.355 e. The molecule has 1 aliphatic rings. The minimum atomic E-state index is -1.06. The molecule has 0 spiro atoms. The summed E-state index contributed by atoms with van der Waals surface area (Å²) >= 11 is 1.23. The Bertz CT molecular complexity index is 468. The summed E-state index contributed by atoms with van der Waals surface area (Å²) in [5, 5.41) is 13.7. The van der Waals surface area contributed by atoms with Gasteiger partial charge in [0.25, 0.3) is 0 Å². The Morgan fingerprint density at radius 2 is 2.47 bits per heavy atom.